The van der Waals surface area contributed by atoms with Gasteiger partial charge in [0.25, 0.3) is 8.32 Å². The topological polar surface area (TPSA) is 136 Å². The van der Waals surface area contributed by atoms with E-state index < -0.39 is 32.5 Å². The molecule has 0 saturated carbocycles. The third-order valence-electron chi connectivity index (χ3n) is 8.25. The van der Waals surface area contributed by atoms with Crippen LogP contribution >= 0.6 is 0 Å². The van der Waals surface area contributed by atoms with Gasteiger partial charge >= 0.3 is 12.2 Å². The number of amides is 2. The van der Waals surface area contributed by atoms with Crippen molar-refractivity contribution in [2.75, 3.05) is 19.0 Å². The van der Waals surface area contributed by atoms with Crippen molar-refractivity contribution in [2.24, 2.45) is 0 Å². The number of anilines is 1. The molecule has 0 aliphatic heterocycles. The third kappa shape index (κ3) is 7.29. The predicted molar refractivity (Wildman–Crippen MR) is 186 cm³/mol. The Labute approximate surface area is 280 Å². The molecule has 5 aromatic rings. The van der Waals surface area contributed by atoms with E-state index in [1.54, 1.807) is 0 Å². The minimum absolute atomic E-state index is 0.0444. The standard InChI is InChI=1S/C36H39N5O6Si/c1-36(2,3)48(27-16-10-6-11-17-27,28-18-12-7-13-19-28)47-23-22-31(40(4)35(45)46-25-26-14-8-5-9-15-26)33(42)39-32-21-20-30-29(38-32)24-37-41(30)34(43)44/h5-21,24,31H,22-23,25H2,1-4H3,(H,43,44)(H,38,39,42)/t31-/m1/s1. The minimum atomic E-state index is -2.92. The normalized spacial score (nSPS) is 12.3. The van der Waals surface area contributed by atoms with Crippen molar-refractivity contribution in [1.29, 1.82) is 0 Å². The molecule has 5 rings (SSSR count). The van der Waals surface area contributed by atoms with Crippen LogP contribution in [0.1, 0.15) is 32.8 Å². The molecule has 2 aromatic heterocycles. The molecule has 2 amide bonds. The lowest BCUT2D eigenvalue weighted by Gasteiger charge is -2.43. The Bertz CT molecular complexity index is 1820. The van der Waals surface area contributed by atoms with E-state index in [1.807, 2.05) is 66.7 Å². The molecule has 3 aromatic carbocycles. The maximum atomic E-state index is 13.9. The van der Waals surface area contributed by atoms with Crippen molar-refractivity contribution in [3.63, 3.8) is 0 Å². The molecule has 248 valence electrons. The molecule has 0 radical (unpaired) electrons. The Morgan fingerprint density at radius 2 is 1.48 bits per heavy atom. The fraction of sp³-hybridized carbons (Fsp3) is 0.250. The van der Waals surface area contributed by atoms with Crippen molar-refractivity contribution in [3.05, 3.63) is 115 Å². The average Bonchev–Trinajstić information content (AvgIpc) is 3.51. The number of carboxylic acid groups (broad SMARTS) is 1. The summed E-state index contributed by atoms with van der Waals surface area (Å²) in [5.74, 6) is -0.320. The van der Waals surface area contributed by atoms with Gasteiger partial charge in [0.2, 0.25) is 5.91 Å². The first-order chi connectivity index (χ1) is 23.0. The Morgan fingerprint density at radius 3 is 2.04 bits per heavy atom. The van der Waals surface area contributed by atoms with Crippen LogP contribution in [0.3, 0.4) is 0 Å². The molecule has 0 bridgehead atoms. The van der Waals surface area contributed by atoms with Gasteiger partial charge in [0.15, 0.2) is 0 Å². The maximum Gasteiger partial charge on any atom is 0.432 e. The molecule has 0 aliphatic rings. The summed E-state index contributed by atoms with van der Waals surface area (Å²) in [6.07, 6.45) is -0.454. The van der Waals surface area contributed by atoms with Crippen molar-refractivity contribution in [2.45, 2.75) is 44.9 Å². The number of fused-ring (bicyclic) bond motifs is 1. The monoisotopic (exact) mass is 665 g/mol. The van der Waals surface area contributed by atoms with Crippen LogP contribution in [0.4, 0.5) is 15.4 Å². The number of hydrogen-bond acceptors (Lipinski definition) is 7. The van der Waals surface area contributed by atoms with Crippen LogP contribution in [0.25, 0.3) is 11.0 Å². The number of hydrogen-bond donors (Lipinski definition) is 2. The zero-order chi connectivity index (χ0) is 34.3. The summed E-state index contributed by atoms with van der Waals surface area (Å²) < 4.78 is 13.4. The molecule has 0 spiro atoms. The van der Waals surface area contributed by atoms with Gasteiger partial charge in [-0.1, -0.05) is 112 Å². The van der Waals surface area contributed by atoms with E-state index >= 15 is 0 Å². The van der Waals surface area contributed by atoms with Gasteiger partial charge in [-0.2, -0.15) is 9.78 Å². The number of benzene rings is 3. The van der Waals surface area contributed by atoms with Gasteiger partial charge in [0.05, 0.1) is 11.7 Å². The number of carbonyl (C=O) groups excluding carboxylic acids is 2. The SMILES string of the molecule is CN(C(=O)OCc1ccccc1)[C@H](CCO[Si](c1ccccc1)(c1ccccc1)C(C)(C)C)C(=O)Nc1ccc2c(cnn2C(=O)O)n1. The summed E-state index contributed by atoms with van der Waals surface area (Å²) in [5, 5.41) is 17.9. The van der Waals surface area contributed by atoms with Crippen LogP contribution in [0.5, 0.6) is 0 Å². The quantitative estimate of drug-likeness (QED) is 0.177. The molecule has 1 atom stereocenters. The highest BCUT2D eigenvalue weighted by molar-refractivity contribution is 6.99. The van der Waals surface area contributed by atoms with Crippen LogP contribution in [0.2, 0.25) is 5.04 Å². The Hall–Kier alpha value is -5.33. The lowest BCUT2D eigenvalue weighted by Crippen LogP contribution is -2.66. The van der Waals surface area contributed by atoms with Gasteiger partial charge in [-0.15, -0.1) is 0 Å². The van der Waals surface area contributed by atoms with E-state index in [2.05, 4.69) is 60.4 Å². The van der Waals surface area contributed by atoms with Crippen LogP contribution in [-0.4, -0.2) is 70.9 Å². The number of likely N-dealkylation sites (N-methyl/N-ethyl adjacent to an activating group) is 1. The van der Waals surface area contributed by atoms with Gasteiger partial charge in [-0.3, -0.25) is 9.69 Å². The molecule has 11 nitrogen and oxygen atoms in total. The molecule has 2 heterocycles. The smallest absolute Gasteiger partial charge is 0.432 e. The number of nitrogens with one attached hydrogen (secondary N) is 1. The van der Waals surface area contributed by atoms with E-state index in [-0.39, 0.29) is 41.5 Å². The van der Waals surface area contributed by atoms with Crippen molar-refractivity contribution in [3.8, 4) is 0 Å². The number of nitrogens with zero attached hydrogens (tertiary/aromatic N) is 4. The maximum absolute atomic E-state index is 13.9. The first kappa shape index (κ1) is 34.0. The molecular formula is C36H39N5O6Si. The average molecular weight is 666 g/mol. The minimum Gasteiger partial charge on any atom is -0.463 e. The molecule has 12 heteroatoms. The lowest BCUT2D eigenvalue weighted by atomic mass is 10.2. The number of pyridine rings is 1. The van der Waals surface area contributed by atoms with Gasteiger partial charge in [-0.05, 0) is 39.5 Å². The molecular weight excluding hydrogens is 627 g/mol. The summed E-state index contributed by atoms with van der Waals surface area (Å²) in [4.78, 5) is 44.4. The molecule has 0 unspecified atom stereocenters. The van der Waals surface area contributed by atoms with Crippen molar-refractivity contribution in [1.82, 2.24) is 19.7 Å². The van der Waals surface area contributed by atoms with E-state index in [4.69, 9.17) is 9.16 Å². The van der Waals surface area contributed by atoms with Gasteiger partial charge in [0, 0.05) is 13.7 Å². The highest BCUT2D eigenvalue weighted by Crippen LogP contribution is 2.37. The Balaban J connectivity index is 1.42. The van der Waals surface area contributed by atoms with Crippen LogP contribution in [0, 0.1) is 0 Å². The molecule has 48 heavy (non-hydrogen) atoms. The van der Waals surface area contributed by atoms with Gasteiger partial charge in [0.1, 0.15) is 24.0 Å². The first-order valence-corrected chi connectivity index (χ1v) is 17.5. The summed E-state index contributed by atoms with van der Waals surface area (Å²) >= 11 is 0. The zero-order valence-electron chi connectivity index (χ0n) is 27.4. The zero-order valence-corrected chi connectivity index (χ0v) is 28.4. The van der Waals surface area contributed by atoms with E-state index in [9.17, 15) is 19.5 Å². The number of ether oxygens (including phenoxy) is 1. The predicted octanol–water partition coefficient (Wildman–Crippen LogP) is 5.50. The second kappa shape index (κ2) is 14.6. The second-order valence-corrected chi connectivity index (χ2v) is 16.7. The molecule has 0 aliphatic carbocycles. The van der Waals surface area contributed by atoms with Crippen LogP contribution in [-0.2, 0) is 20.6 Å². The van der Waals surface area contributed by atoms with Gasteiger partial charge in [-0.25, -0.2) is 14.6 Å². The molecule has 0 fully saturated rings. The largest absolute Gasteiger partial charge is 0.463 e. The molecule has 0 saturated heterocycles. The Kier molecular flexibility index (Phi) is 10.4. The van der Waals surface area contributed by atoms with Crippen LogP contribution in [0.15, 0.2) is 109 Å². The lowest BCUT2D eigenvalue weighted by molar-refractivity contribution is -0.121. The summed E-state index contributed by atoms with van der Waals surface area (Å²) in [6.45, 7) is 6.72. The number of aromatic nitrogens is 3. The summed E-state index contributed by atoms with van der Waals surface area (Å²) in [7, 11) is -1.40. The van der Waals surface area contributed by atoms with Crippen molar-refractivity contribution < 1.29 is 28.7 Å². The third-order valence-corrected chi connectivity index (χ3v) is 13.3. The highest BCUT2D eigenvalue weighted by atomic mass is 28.4. The summed E-state index contributed by atoms with van der Waals surface area (Å²) in [5.41, 5.74) is 1.38. The van der Waals surface area contributed by atoms with E-state index in [0.717, 1.165) is 20.6 Å². The summed E-state index contributed by atoms with van der Waals surface area (Å²) in [6, 6.07) is 31.6. The van der Waals surface area contributed by atoms with Gasteiger partial charge < -0.3 is 19.6 Å². The second-order valence-electron chi connectivity index (χ2n) is 12.4. The fourth-order valence-electron chi connectivity index (χ4n) is 5.88. The highest BCUT2D eigenvalue weighted by Gasteiger charge is 2.50. The van der Waals surface area contributed by atoms with Crippen LogP contribution < -0.4 is 15.7 Å². The first-order valence-electron chi connectivity index (χ1n) is 15.6. The van der Waals surface area contributed by atoms with E-state index in [0.29, 0.717) is 0 Å². The number of rotatable bonds is 11. The van der Waals surface area contributed by atoms with E-state index in [1.165, 1.54) is 30.3 Å². The number of carbonyl (C=O) groups is 3. The molecule has 2 N–H and O–H groups in total. The van der Waals surface area contributed by atoms with Crippen molar-refractivity contribution >= 4 is 53.6 Å². The Morgan fingerprint density at radius 1 is 0.896 bits per heavy atom. The fourth-order valence-corrected chi connectivity index (χ4v) is 10.5.